The van der Waals surface area contributed by atoms with Crippen LogP contribution in [-0.2, 0) is 11.2 Å². The van der Waals surface area contributed by atoms with Gasteiger partial charge in [0, 0.05) is 6.42 Å². The van der Waals surface area contributed by atoms with E-state index in [0.29, 0.717) is 18.5 Å². The molecule has 0 fully saturated rings. The first-order chi connectivity index (χ1) is 8.65. The predicted octanol–water partition coefficient (Wildman–Crippen LogP) is 4.11. The Morgan fingerprint density at radius 3 is 2.89 bits per heavy atom. The van der Waals surface area contributed by atoms with Crippen LogP contribution in [0.5, 0.6) is 0 Å². The van der Waals surface area contributed by atoms with E-state index in [0.717, 1.165) is 5.56 Å². The summed E-state index contributed by atoms with van der Waals surface area (Å²) in [5, 5.41) is 6.86. The molecule has 0 aliphatic rings. The zero-order chi connectivity index (χ0) is 13.0. The number of thiophene rings is 1. The van der Waals surface area contributed by atoms with Gasteiger partial charge in [-0.2, -0.15) is 11.3 Å². The van der Waals surface area contributed by atoms with Crippen molar-refractivity contribution >= 4 is 34.5 Å². The maximum atomic E-state index is 12.8. The SMILES string of the molecule is O=C(CCc1ccsc1)Nc1ccc(F)cc1Cl. The van der Waals surface area contributed by atoms with Crippen LogP contribution in [0.1, 0.15) is 12.0 Å². The van der Waals surface area contributed by atoms with E-state index in [-0.39, 0.29) is 10.9 Å². The van der Waals surface area contributed by atoms with Crippen LogP contribution in [0.3, 0.4) is 0 Å². The van der Waals surface area contributed by atoms with Gasteiger partial charge in [0.25, 0.3) is 0 Å². The molecule has 1 amide bonds. The summed E-state index contributed by atoms with van der Waals surface area (Å²) < 4.78 is 12.8. The van der Waals surface area contributed by atoms with E-state index in [1.807, 2.05) is 16.8 Å². The Morgan fingerprint density at radius 1 is 1.39 bits per heavy atom. The molecule has 0 unspecified atom stereocenters. The van der Waals surface area contributed by atoms with Gasteiger partial charge >= 0.3 is 0 Å². The van der Waals surface area contributed by atoms with Gasteiger partial charge in [0.2, 0.25) is 5.91 Å². The monoisotopic (exact) mass is 283 g/mol. The molecule has 5 heteroatoms. The first-order valence-electron chi connectivity index (χ1n) is 5.41. The van der Waals surface area contributed by atoms with Crippen molar-refractivity contribution in [2.75, 3.05) is 5.32 Å². The molecule has 0 saturated carbocycles. The first-order valence-corrected chi connectivity index (χ1v) is 6.73. The summed E-state index contributed by atoms with van der Waals surface area (Å²) in [5.41, 5.74) is 1.58. The smallest absolute Gasteiger partial charge is 0.224 e. The van der Waals surface area contributed by atoms with E-state index >= 15 is 0 Å². The second-order valence-corrected chi connectivity index (χ2v) is 4.99. The van der Waals surface area contributed by atoms with Gasteiger partial charge in [-0.15, -0.1) is 0 Å². The van der Waals surface area contributed by atoms with Gasteiger partial charge in [-0.3, -0.25) is 4.79 Å². The Labute approximate surface area is 113 Å². The molecular formula is C13H11ClFNOS. The number of benzene rings is 1. The fourth-order valence-corrected chi connectivity index (χ4v) is 2.41. The quantitative estimate of drug-likeness (QED) is 0.899. The Hall–Kier alpha value is -1.39. The standard InChI is InChI=1S/C13H11ClFNOS/c14-11-7-10(15)2-3-12(11)16-13(17)4-1-9-5-6-18-8-9/h2-3,5-8H,1,4H2,(H,16,17). The first kappa shape index (κ1) is 13.1. The number of carbonyl (C=O) groups excluding carboxylic acids is 1. The molecule has 0 saturated heterocycles. The van der Waals surface area contributed by atoms with Crippen molar-refractivity contribution in [3.05, 3.63) is 51.4 Å². The van der Waals surface area contributed by atoms with Crippen LogP contribution in [-0.4, -0.2) is 5.91 Å². The van der Waals surface area contributed by atoms with Gasteiger partial charge in [-0.25, -0.2) is 4.39 Å². The highest BCUT2D eigenvalue weighted by atomic mass is 35.5. The molecule has 1 aromatic carbocycles. The summed E-state index contributed by atoms with van der Waals surface area (Å²) in [7, 11) is 0. The lowest BCUT2D eigenvalue weighted by molar-refractivity contribution is -0.116. The fraction of sp³-hybridized carbons (Fsp3) is 0.154. The number of hydrogen-bond donors (Lipinski definition) is 1. The van der Waals surface area contributed by atoms with E-state index in [1.54, 1.807) is 11.3 Å². The van der Waals surface area contributed by atoms with Gasteiger partial charge in [-0.1, -0.05) is 11.6 Å². The molecule has 0 radical (unpaired) electrons. The second kappa shape index (κ2) is 5.98. The van der Waals surface area contributed by atoms with Crippen LogP contribution in [0.4, 0.5) is 10.1 Å². The average molecular weight is 284 g/mol. The largest absolute Gasteiger partial charge is 0.325 e. The molecule has 0 aliphatic carbocycles. The minimum atomic E-state index is -0.420. The minimum Gasteiger partial charge on any atom is -0.325 e. The molecule has 0 bridgehead atoms. The third-order valence-corrected chi connectivity index (χ3v) is 3.47. The number of nitrogens with one attached hydrogen (secondary N) is 1. The topological polar surface area (TPSA) is 29.1 Å². The van der Waals surface area contributed by atoms with Crippen molar-refractivity contribution in [1.29, 1.82) is 0 Å². The molecule has 0 aliphatic heterocycles. The number of aryl methyl sites for hydroxylation is 1. The molecule has 18 heavy (non-hydrogen) atoms. The Balaban J connectivity index is 1.91. The Kier molecular flexibility index (Phi) is 4.33. The van der Waals surface area contributed by atoms with Crippen molar-refractivity contribution in [2.24, 2.45) is 0 Å². The number of amides is 1. The van der Waals surface area contributed by atoms with Crippen molar-refractivity contribution in [2.45, 2.75) is 12.8 Å². The van der Waals surface area contributed by atoms with Crippen molar-refractivity contribution in [1.82, 2.24) is 0 Å². The van der Waals surface area contributed by atoms with E-state index < -0.39 is 5.82 Å². The molecule has 0 spiro atoms. The summed E-state index contributed by atoms with van der Waals surface area (Å²) in [4.78, 5) is 11.7. The Bertz CT molecular complexity index is 542. The summed E-state index contributed by atoms with van der Waals surface area (Å²) in [6.45, 7) is 0. The summed E-state index contributed by atoms with van der Waals surface area (Å²) >= 11 is 7.43. The van der Waals surface area contributed by atoms with E-state index in [1.165, 1.54) is 18.2 Å². The van der Waals surface area contributed by atoms with Crippen LogP contribution in [0.15, 0.2) is 35.0 Å². The zero-order valence-corrected chi connectivity index (χ0v) is 11.0. The summed E-state index contributed by atoms with van der Waals surface area (Å²) in [6, 6.07) is 5.89. The second-order valence-electron chi connectivity index (χ2n) is 3.80. The number of halogens is 2. The summed E-state index contributed by atoms with van der Waals surface area (Å²) in [5.74, 6) is -0.550. The maximum Gasteiger partial charge on any atom is 0.224 e. The van der Waals surface area contributed by atoms with Gasteiger partial charge < -0.3 is 5.32 Å². The minimum absolute atomic E-state index is 0.130. The molecule has 2 nitrogen and oxygen atoms in total. The highest BCUT2D eigenvalue weighted by Gasteiger charge is 2.07. The molecule has 0 atom stereocenters. The molecule has 1 aromatic heterocycles. The number of anilines is 1. The maximum absolute atomic E-state index is 12.8. The van der Waals surface area contributed by atoms with Gasteiger partial charge in [0.05, 0.1) is 10.7 Å². The molecule has 1 N–H and O–H groups in total. The molecule has 1 heterocycles. The van der Waals surface area contributed by atoms with Crippen LogP contribution < -0.4 is 5.32 Å². The number of rotatable bonds is 4. The van der Waals surface area contributed by atoms with Crippen molar-refractivity contribution in [3.63, 3.8) is 0 Å². The highest BCUT2D eigenvalue weighted by Crippen LogP contribution is 2.22. The van der Waals surface area contributed by atoms with Gasteiger partial charge in [0.1, 0.15) is 5.82 Å². The van der Waals surface area contributed by atoms with Crippen LogP contribution in [0.25, 0.3) is 0 Å². The summed E-state index contributed by atoms with van der Waals surface area (Å²) in [6.07, 6.45) is 1.07. The highest BCUT2D eigenvalue weighted by molar-refractivity contribution is 7.07. The lowest BCUT2D eigenvalue weighted by atomic mass is 10.2. The fourth-order valence-electron chi connectivity index (χ4n) is 1.50. The predicted molar refractivity (Wildman–Crippen MR) is 72.7 cm³/mol. The van der Waals surface area contributed by atoms with E-state index in [2.05, 4.69) is 5.32 Å². The molecule has 2 aromatic rings. The lowest BCUT2D eigenvalue weighted by Gasteiger charge is -2.06. The van der Waals surface area contributed by atoms with Gasteiger partial charge in [0.15, 0.2) is 0 Å². The lowest BCUT2D eigenvalue weighted by Crippen LogP contribution is -2.12. The van der Waals surface area contributed by atoms with Crippen LogP contribution in [0, 0.1) is 5.82 Å². The number of hydrogen-bond acceptors (Lipinski definition) is 2. The third-order valence-electron chi connectivity index (χ3n) is 2.43. The average Bonchev–Trinajstić information content (AvgIpc) is 2.83. The molecule has 2 rings (SSSR count). The van der Waals surface area contributed by atoms with Gasteiger partial charge in [-0.05, 0) is 47.0 Å². The normalized spacial score (nSPS) is 10.3. The van der Waals surface area contributed by atoms with Crippen molar-refractivity contribution in [3.8, 4) is 0 Å². The van der Waals surface area contributed by atoms with E-state index in [4.69, 9.17) is 11.6 Å². The third kappa shape index (κ3) is 3.55. The van der Waals surface area contributed by atoms with Crippen LogP contribution in [0.2, 0.25) is 5.02 Å². The zero-order valence-electron chi connectivity index (χ0n) is 9.45. The molecule has 94 valence electrons. The van der Waals surface area contributed by atoms with Crippen molar-refractivity contribution < 1.29 is 9.18 Å². The Morgan fingerprint density at radius 2 is 2.22 bits per heavy atom. The van der Waals surface area contributed by atoms with E-state index in [9.17, 15) is 9.18 Å². The molecular weight excluding hydrogens is 273 g/mol. The van der Waals surface area contributed by atoms with Crippen LogP contribution >= 0.6 is 22.9 Å². The number of carbonyl (C=O) groups is 1.